The van der Waals surface area contributed by atoms with Crippen LogP contribution in [0.25, 0.3) is 5.69 Å². The van der Waals surface area contributed by atoms with Crippen LogP contribution >= 0.6 is 0 Å². The number of carbonyl (C=O) groups is 1. The number of ether oxygens (including phenoxy) is 1. The number of nitrogens with zero attached hydrogens (tertiary/aromatic N) is 3. The van der Waals surface area contributed by atoms with Gasteiger partial charge in [-0.2, -0.15) is 9.78 Å². The zero-order chi connectivity index (χ0) is 18.5. The van der Waals surface area contributed by atoms with Crippen LogP contribution in [-0.2, 0) is 6.54 Å². The van der Waals surface area contributed by atoms with Crippen LogP contribution in [0, 0.1) is 0 Å². The number of methoxy groups -OCH3 is 1. The average Bonchev–Trinajstić information content (AvgIpc) is 2.68. The van der Waals surface area contributed by atoms with Gasteiger partial charge in [0.05, 0.1) is 18.9 Å². The number of hydrogen-bond acceptors (Lipinski definition) is 4. The summed E-state index contributed by atoms with van der Waals surface area (Å²) in [5.41, 5.74) is 1.31. The molecule has 6 nitrogen and oxygen atoms in total. The summed E-state index contributed by atoms with van der Waals surface area (Å²) in [4.78, 5) is 26.8. The van der Waals surface area contributed by atoms with Crippen LogP contribution in [0.5, 0.6) is 5.75 Å². The van der Waals surface area contributed by atoms with Gasteiger partial charge in [0.1, 0.15) is 0 Å². The first-order valence-corrected chi connectivity index (χ1v) is 8.13. The Bertz CT molecular complexity index is 953. The van der Waals surface area contributed by atoms with Crippen molar-refractivity contribution in [2.75, 3.05) is 14.2 Å². The molecule has 0 saturated heterocycles. The number of amides is 1. The van der Waals surface area contributed by atoms with E-state index in [0.29, 0.717) is 12.2 Å². The quantitative estimate of drug-likeness (QED) is 0.710. The number of rotatable bonds is 5. The fourth-order valence-corrected chi connectivity index (χ4v) is 2.61. The maximum atomic E-state index is 12.9. The van der Waals surface area contributed by atoms with Crippen molar-refractivity contribution < 1.29 is 9.53 Å². The van der Waals surface area contributed by atoms with Crippen molar-refractivity contribution >= 4 is 5.91 Å². The molecule has 3 rings (SSSR count). The molecule has 1 aromatic heterocycles. The fourth-order valence-electron chi connectivity index (χ4n) is 2.61. The number of aromatic nitrogens is 2. The van der Waals surface area contributed by atoms with Crippen molar-refractivity contribution in [2.45, 2.75) is 6.54 Å². The van der Waals surface area contributed by atoms with Crippen LogP contribution in [0.3, 0.4) is 0 Å². The Kier molecular flexibility index (Phi) is 5.12. The molecule has 1 heterocycles. The topological polar surface area (TPSA) is 64.4 Å². The highest BCUT2D eigenvalue weighted by Gasteiger charge is 2.21. The molecule has 0 aliphatic carbocycles. The minimum Gasteiger partial charge on any atom is -0.494 e. The summed E-state index contributed by atoms with van der Waals surface area (Å²) < 4.78 is 6.42. The van der Waals surface area contributed by atoms with Crippen molar-refractivity contribution in [3.63, 3.8) is 0 Å². The summed E-state index contributed by atoms with van der Waals surface area (Å²) >= 11 is 0. The molecule has 1 amide bonds. The standard InChI is InChI=1S/C20H19N3O3/c1-22(14-15-9-5-3-6-10-15)20(25)19-17(26-2)13-18(24)23(21-19)16-11-7-4-8-12-16/h3-13H,14H2,1-2H3. The van der Waals surface area contributed by atoms with Gasteiger partial charge in [-0.05, 0) is 17.7 Å². The largest absolute Gasteiger partial charge is 0.494 e. The van der Waals surface area contributed by atoms with Gasteiger partial charge in [0, 0.05) is 13.6 Å². The lowest BCUT2D eigenvalue weighted by Gasteiger charge is -2.18. The molecule has 2 aromatic carbocycles. The van der Waals surface area contributed by atoms with Gasteiger partial charge < -0.3 is 9.64 Å². The predicted molar refractivity (Wildman–Crippen MR) is 98.6 cm³/mol. The molecule has 0 fully saturated rings. The molecule has 0 spiro atoms. The van der Waals surface area contributed by atoms with Crippen LogP contribution in [0.4, 0.5) is 0 Å². The van der Waals surface area contributed by atoms with Crippen LogP contribution in [0.2, 0.25) is 0 Å². The van der Waals surface area contributed by atoms with E-state index < -0.39 is 0 Å². The minimum atomic E-state index is -0.365. The molecule has 0 aliphatic rings. The van der Waals surface area contributed by atoms with E-state index in [2.05, 4.69) is 5.10 Å². The highest BCUT2D eigenvalue weighted by atomic mass is 16.5. The highest BCUT2D eigenvalue weighted by Crippen LogP contribution is 2.17. The van der Waals surface area contributed by atoms with Crippen LogP contribution in [0.15, 0.2) is 71.5 Å². The molecule has 0 saturated carbocycles. The van der Waals surface area contributed by atoms with Gasteiger partial charge in [0.15, 0.2) is 11.4 Å². The maximum Gasteiger partial charge on any atom is 0.278 e. The van der Waals surface area contributed by atoms with Gasteiger partial charge in [-0.25, -0.2) is 0 Å². The van der Waals surface area contributed by atoms with E-state index in [9.17, 15) is 9.59 Å². The van der Waals surface area contributed by atoms with Crippen molar-refractivity contribution in [1.29, 1.82) is 0 Å². The Morgan fingerprint density at radius 1 is 1.08 bits per heavy atom. The van der Waals surface area contributed by atoms with E-state index in [-0.39, 0.29) is 22.9 Å². The third kappa shape index (κ3) is 3.64. The third-order valence-corrected chi connectivity index (χ3v) is 3.93. The maximum absolute atomic E-state index is 12.9. The summed E-state index contributed by atoms with van der Waals surface area (Å²) in [6.45, 7) is 0.426. The third-order valence-electron chi connectivity index (χ3n) is 3.93. The lowest BCUT2D eigenvalue weighted by molar-refractivity contribution is 0.0773. The second kappa shape index (κ2) is 7.65. The molecule has 6 heteroatoms. The zero-order valence-electron chi connectivity index (χ0n) is 14.6. The van der Waals surface area contributed by atoms with Gasteiger partial charge >= 0.3 is 0 Å². The molecule has 0 radical (unpaired) electrons. The summed E-state index contributed by atoms with van der Waals surface area (Å²) in [5.74, 6) is -0.164. The second-order valence-electron chi connectivity index (χ2n) is 5.79. The number of benzene rings is 2. The van der Waals surface area contributed by atoms with Crippen LogP contribution < -0.4 is 10.3 Å². The monoisotopic (exact) mass is 349 g/mol. The molecular weight excluding hydrogens is 330 g/mol. The number of para-hydroxylation sites is 1. The Morgan fingerprint density at radius 3 is 2.31 bits per heavy atom. The van der Waals surface area contributed by atoms with Gasteiger partial charge in [-0.15, -0.1) is 0 Å². The summed E-state index contributed by atoms with van der Waals surface area (Å²) in [5, 5.41) is 4.26. The zero-order valence-corrected chi connectivity index (χ0v) is 14.6. The summed E-state index contributed by atoms with van der Waals surface area (Å²) in [6.07, 6.45) is 0. The van der Waals surface area contributed by atoms with E-state index in [0.717, 1.165) is 5.56 Å². The molecule has 0 unspecified atom stereocenters. The first-order valence-electron chi connectivity index (χ1n) is 8.13. The van der Waals surface area contributed by atoms with Gasteiger partial charge in [0.2, 0.25) is 0 Å². The Labute approximate surface area is 151 Å². The fraction of sp³-hybridized carbons (Fsp3) is 0.150. The smallest absolute Gasteiger partial charge is 0.278 e. The van der Waals surface area contributed by atoms with E-state index >= 15 is 0 Å². The van der Waals surface area contributed by atoms with E-state index in [4.69, 9.17) is 4.74 Å². The Morgan fingerprint density at radius 2 is 1.69 bits per heavy atom. The highest BCUT2D eigenvalue weighted by molar-refractivity contribution is 5.94. The van der Waals surface area contributed by atoms with Gasteiger partial charge in [-0.1, -0.05) is 48.5 Å². The molecule has 0 aliphatic heterocycles. The SMILES string of the molecule is COc1cc(=O)n(-c2ccccc2)nc1C(=O)N(C)Cc1ccccc1. The first-order chi connectivity index (χ1) is 12.6. The molecule has 0 atom stereocenters. The summed E-state index contributed by atoms with van der Waals surface area (Å²) in [6, 6.07) is 19.9. The normalized spacial score (nSPS) is 10.4. The van der Waals surface area contributed by atoms with E-state index in [1.165, 1.54) is 17.9 Å². The first kappa shape index (κ1) is 17.4. The van der Waals surface area contributed by atoms with Gasteiger partial charge in [0.25, 0.3) is 11.5 Å². The van der Waals surface area contributed by atoms with Crippen LogP contribution in [-0.4, -0.2) is 34.7 Å². The van der Waals surface area contributed by atoms with Crippen molar-refractivity contribution in [2.24, 2.45) is 0 Å². The van der Waals surface area contributed by atoms with Crippen molar-refractivity contribution in [3.8, 4) is 11.4 Å². The second-order valence-corrected chi connectivity index (χ2v) is 5.79. The summed E-state index contributed by atoms with van der Waals surface area (Å²) in [7, 11) is 3.10. The molecule has 132 valence electrons. The van der Waals surface area contributed by atoms with Crippen molar-refractivity contribution in [1.82, 2.24) is 14.7 Å². The Hall–Kier alpha value is -3.41. The minimum absolute atomic E-state index is 0.0920. The molecule has 26 heavy (non-hydrogen) atoms. The van der Waals surface area contributed by atoms with Crippen LogP contribution in [0.1, 0.15) is 16.1 Å². The number of carbonyl (C=O) groups excluding carboxylic acids is 1. The molecular formula is C20H19N3O3. The Balaban J connectivity index is 1.97. The molecule has 3 aromatic rings. The van der Waals surface area contributed by atoms with Gasteiger partial charge in [-0.3, -0.25) is 9.59 Å². The van der Waals surface area contributed by atoms with E-state index in [1.54, 1.807) is 36.2 Å². The van der Waals surface area contributed by atoms with Crippen molar-refractivity contribution in [3.05, 3.63) is 88.3 Å². The lowest BCUT2D eigenvalue weighted by atomic mass is 10.2. The van der Waals surface area contributed by atoms with E-state index in [1.807, 2.05) is 36.4 Å². The molecule has 0 N–H and O–H groups in total. The molecule has 0 bridgehead atoms. The number of hydrogen-bond donors (Lipinski definition) is 0. The average molecular weight is 349 g/mol. The predicted octanol–water partition coefficient (Wildman–Crippen LogP) is 2.51. The lowest BCUT2D eigenvalue weighted by Crippen LogP contribution is -2.31.